The van der Waals surface area contributed by atoms with Gasteiger partial charge in [0.2, 0.25) is 0 Å². The number of rotatable bonds is 2. The molecule has 0 aliphatic heterocycles. The number of carbonyl (C=O) groups is 1. The topological polar surface area (TPSA) is 52.3 Å². The SMILES string of the molecule is CCOC=O.Nc1ccsc1. The average molecular weight is 173 g/mol. The normalized spacial score (nSPS) is 7.73. The maximum absolute atomic E-state index is 9.18. The molecule has 0 aromatic carbocycles. The van der Waals surface area contributed by atoms with E-state index in [0.717, 1.165) is 5.69 Å². The largest absolute Gasteiger partial charge is 0.468 e. The van der Waals surface area contributed by atoms with Gasteiger partial charge in [0.25, 0.3) is 6.47 Å². The number of carbonyl (C=O) groups excluding carboxylic acids is 1. The van der Waals surface area contributed by atoms with Crippen LogP contribution in [0.15, 0.2) is 16.8 Å². The van der Waals surface area contributed by atoms with Crippen LogP contribution in [0.5, 0.6) is 0 Å². The smallest absolute Gasteiger partial charge is 0.293 e. The Kier molecular flexibility index (Phi) is 6.42. The van der Waals surface area contributed by atoms with Gasteiger partial charge < -0.3 is 10.5 Å². The fourth-order valence-electron chi connectivity index (χ4n) is 0.343. The molecule has 0 atom stereocenters. The Balaban J connectivity index is 0.000000187. The molecule has 0 aliphatic carbocycles. The number of anilines is 1. The molecule has 2 N–H and O–H groups in total. The number of nitrogens with two attached hydrogens (primary N) is 1. The van der Waals surface area contributed by atoms with Crippen molar-refractivity contribution in [3.8, 4) is 0 Å². The van der Waals surface area contributed by atoms with Crippen LogP contribution in [0, 0.1) is 0 Å². The average Bonchev–Trinajstić information content (AvgIpc) is 2.43. The third-order valence-electron chi connectivity index (χ3n) is 0.778. The van der Waals surface area contributed by atoms with E-state index in [4.69, 9.17) is 5.73 Å². The Morgan fingerprint density at radius 2 is 2.55 bits per heavy atom. The highest BCUT2D eigenvalue weighted by atomic mass is 32.1. The Morgan fingerprint density at radius 1 is 1.82 bits per heavy atom. The summed E-state index contributed by atoms with van der Waals surface area (Å²) in [6.07, 6.45) is 0. The van der Waals surface area contributed by atoms with Crippen LogP contribution in [0.1, 0.15) is 6.92 Å². The van der Waals surface area contributed by atoms with E-state index in [-0.39, 0.29) is 0 Å². The standard InChI is InChI=1S/C4H5NS.C3H6O2/c5-4-1-2-6-3-4;1-2-5-3-4/h1-3H,5H2;3H,2H2,1H3. The summed E-state index contributed by atoms with van der Waals surface area (Å²) in [6, 6.07) is 1.88. The monoisotopic (exact) mass is 173 g/mol. The Morgan fingerprint density at radius 3 is 2.64 bits per heavy atom. The lowest BCUT2D eigenvalue weighted by molar-refractivity contribution is -0.128. The van der Waals surface area contributed by atoms with Crippen LogP contribution < -0.4 is 5.73 Å². The molecule has 0 amide bonds. The molecule has 0 saturated carbocycles. The second kappa shape index (κ2) is 7.08. The first-order valence-corrected chi connectivity index (χ1v) is 4.08. The summed E-state index contributed by atoms with van der Waals surface area (Å²) in [5.41, 5.74) is 6.15. The lowest BCUT2D eigenvalue weighted by Gasteiger charge is -1.79. The quantitative estimate of drug-likeness (QED) is 0.690. The Hall–Kier alpha value is -1.03. The molecule has 4 heteroatoms. The first kappa shape index (κ1) is 9.97. The minimum Gasteiger partial charge on any atom is -0.468 e. The van der Waals surface area contributed by atoms with Gasteiger partial charge in [0.05, 0.1) is 6.61 Å². The maximum Gasteiger partial charge on any atom is 0.293 e. The summed E-state index contributed by atoms with van der Waals surface area (Å²) >= 11 is 1.61. The molecule has 0 unspecified atom stereocenters. The van der Waals surface area contributed by atoms with Crippen molar-refractivity contribution in [1.82, 2.24) is 0 Å². The first-order chi connectivity index (χ1) is 5.31. The van der Waals surface area contributed by atoms with Crippen molar-refractivity contribution >= 4 is 23.5 Å². The summed E-state index contributed by atoms with van der Waals surface area (Å²) in [6.45, 7) is 2.66. The molecule has 1 rings (SSSR count). The minimum absolute atomic E-state index is 0.431. The molecule has 3 nitrogen and oxygen atoms in total. The predicted molar refractivity (Wildman–Crippen MR) is 46.4 cm³/mol. The molecule has 0 spiro atoms. The third kappa shape index (κ3) is 6.86. The van der Waals surface area contributed by atoms with Crippen molar-refractivity contribution in [2.45, 2.75) is 6.92 Å². The van der Waals surface area contributed by atoms with Crippen LogP contribution in [0.25, 0.3) is 0 Å². The fourth-order valence-corrected chi connectivity index (χ4v) is 0.893. The van der Waals surface area contributed by atoms with Crippen LogP contribution in [0.2, 0.25) is 0 Å². The molecule has 11 heavy (non-hydrogen) atoms. The van der Waals surface area contributed by atoms with E-state index in [9.17, 15) is 4.79 Å². The minimum atomic E-state index is 0.431. The molecule has 1 heterocycles. The van der Waals surface area contributed by atoms with Gasteiger partial charge in [-0.25, -0.2) is 0 Å². The lowest BCUT2D eigenvalue weighted by Crippen LogP contribution is -1.80. The Labute approximate surface area is 69.8 Å². The molecular formula is C7H11NO2S. The second-order valence-electron chi connectivity index (χ2n) is 1.61. The van der Waals surface area contributed by atoms with Gasteiger partial charge in [-0.05, 0) is 18.4 Å². The van der Waals surface area contributed by atoms with Gasteiger partial charge in [-0.2, -0.15) is 11.3 Å². The van der Waals surface area contributed by atoms with E-state index < -0.39 is 0 Å². The van der Waals surface area contributed by atoms with Gasteiger partial charge in [-0.3, -0.25) is 4.79 Å². The highest BCUT2D eigenvalue weighted by molar-refractivity contribution is 7.08. The van der Waals surface area contributed by atoms with Gasteiger partial charge in [0.1, 0.15) is 0 Å². The van der Waals surface area contributed by atoms with Gasteiger partial charge in [-0.15, -0.1) is 0 Å². The van der Waals surface area contributed by atoms with Crippen molar-refractivity contribution < 1.29 is 9.53 Å². The van der Waals surface area contributed by atoms with Crippen molar-refractivity contribution in [2.75, 3.05) is 12.3 Å². The number of thiophene rings is 1. The van der Waals surface area contributed by atoms with Crippen LogP contribution in [-0.2, 0) is 9.53 Å². The summed E-state index contributed by atoms with van der Waals surface area (Å²) in [7, 11) is 0. The van der Waals surface area contributed by atoms with E-state index in [1.54, 1.807) is 18.3 Å². The number of hydrogen-bond donors (Lipinski definition) is 1. The predicted octanol–water partition coefficient (Wildman–Crippen LogP) is 1.51. The molecule has 1 aromatic heterocycles. The summed E-state index contributed by atoms with van der Waals surface area (Å²) in [5.74, 6) is 0. The molecule has 0 radical (unpaired) electrons. The van der Waals surface area contributed by atoms with E-state index in [1.165, 1.54) is 0 Å². The lowest BCUT2D eigenvalue weighted by atomic mass is 10.6. The second-order valence-corrected chi connectivity index (χ2v) is 2.39. The van der Waals surface area contributed by atoms with Crippen molar-refractivity contribution in [1.29, 1.82) is 0 Å². The zero-order valence-corrected chi connectivity index (χ0v) is 7.14. The molecule has 0 fully saturated rings. The van der Waals surface area contributed by atoms with Crippen molar-refractivity contribution in [3.63, 3.8) is 0 Å². The van der Waals surface area contributed by atoms with Gasteiger partial charge in [0, 0.05) is 11.1 Å². The van der Waals surface area contributed by atoms with E-state index in [1.807, 2.05) is 16.8 Å². The van der Waals surface area contributed by atoms with Crippen LogP contribution in [0.4, 0.5) is 5.69 Å². The number of ether oxygens (including phenoxy) is 1. The highest BCUT2D eigenvalue weighted by Crippen LogP contribution is 2.05. The first-order valence-electron chi connectivity index (χ1n) is 3.14. The highest BCUT2D eigenvalue weighted by Gasteiger charge is 1.74. The molecule has 0 aliphatic rings. The van der Waals surface area contributed by atoms with Gasteiger partial charge >= 0.3 is 0 Å². The Bertz CT molecular complexity index is 175. The summed E-state index contributed by atoms with van der Waals surface area (Å²) in [5, 5.41) is 3.86. The van der Waals surface area contributed by atoms with E-state index in [2.05, 4.69) is 4.74 Å². The number of hydrogen-bond acceptors (Lipinski definition) is 4. The zero-order valence-electron chi connectivity index (χ0n) is 6.32. The third-order valence-corrected chi connectivity index (χ3v) is 1.48. The number of nitrogen functional groups attached to an aromatic ring is 1. The van der Waals surface area contributed by atoms with Crippen LogP contribution in [-0.4, -0.2) is 13.1 Å². The molecule has 1 aromatic rings. The van der Waals surface area contributed by atoms with Crippen LogP contribution in [0.3, 0.4) is 0 Å². The van der Waals surface area contributed by atoms with Crippen molar-refractivity contribution in [3.05, 3.63) is 16.8 Å². The fraction of sp³-hybridized carbons (Fsp3) is 0.286. The van der Waals surface area contributed by atoms with Crippen LogP contribution >= 0.6 is 11.3 Å². The van der Waals surface area contributed by atoms with Gasteiger partial charge in [-0.1, -0.05) is 0 Å². The van der Waals surface area contributed by atoms with E-state index in [0.29, 0.717) is 13.1 Å². The van der Waals surface area contributed by atoms with Crippen molar-refractivity contribution in [2.24, 2.45) is 0 Å². The zero-order chi connectivity index (χ0) is 8.53. The summed E-state index contributed by atoms with van der Waals surface area (Å²) in [4.78, 5) is 9.18. The van der Waals surface area contributed by atoms with E-state index >= 15 is 0 Å². The molecular weight excluding hydrogens is 162 g/mol. The summed E-state index contributed by atoms with van der Waals surface area (Å²) < 4.78 is 4.15. The molecule has 62 valence electrons. The van der Waals surface area contributed by atoms with Gasteiger partial charge in [0.15, 0.2) is 0 Å². The molecule has 0 saturated heterocycles. The maximum atomic E-state index is 9.18. The molecule has 0 bridgehead atoms.